The summed E-state index contributed by atoms with van der Waals surface area (Å²) in [5.74, 6) is 0.735. The molecule has 0 saturated heterocycles. The van der Waals surface area contributed by atoms with Gasteiger partial charge in [-0.25, -0.2) is 9.97 Å². The lowest BCUT2D eigenvalue weighted by Gasteiger charge is -2.30. The van der Waals surface area contributed by atoms with Crippen molar-refractivity contribution in [1.29, 1.82) is 0 Å². The van der Waals surface area contributed by atoms with Crippen molar-refractivity contribution in [2.24, 2.45) is 0 Å². The van der Waals surface area contributed by atoms with E-state index in [1.807, 2.05) is 23.7 Å². The minimum atomic E-state index is -0.370. The highest BCUT2D eigenvalue weighted by atomic mass is 32.1. The van der Waals surface area contributed by atoms with Gasteiger partial charge < -0.3 is 0 Å². The van der Waals surface area contributed by atoms with E-state index in [0.717, 1.165) is 22.5 Å². The van der Waals surface area contributed by atoms with Gasteiger partial charge in [0.1, 0.15) is 0 Å². The van der Waals surface area contributed by atoms with Gasteiger partial charge in [0.15, 0.2) is 5.82 Å². The number of nitrogens with zero attached hydrogens (tertiary/aromatic N) is 2. The lowest BCUT2D eigenvalue weighted by atomic mass is 9.70. The molecule has 214 valence electrons. The Balaban J connectivity index is 1.05. The molecule has 3 heteroatoms. The van der Waals surface area contributed by atoms with Gasteiger partial charge in [-0.1, -0.05) is 127 Å². The quantitative estimate of drug-likeness (QED) is 0.201. The standard InChI is InChI=1S/C43H26N2S/c1-8-16-40-29(9-1)24-41(46-40)28-19-17-27(18-20-28)31-25-44-42(45-26-31)30-21-22-35-34-12-4-7-15-38(34)43(39(35)23-30)36-13-5-2-10-32(36)33-11-3-6-14-37(33)43/h1-26H. The summed E-state index contributed by atoms with van der Waals surface area (Å²) >= 11 is 1.83. The maximum atomic E-state index is 4.90. The highest BCUT2D eigenvalue weighted by Gasteiger charge is 2.51. The molecule has 8 aromatic rings. The molecule has 0 bridgehead atoms. The van der Waals surface area contributed by atoms with E-state index in [4.69, 9.17) is 9.97 Å². The minimum absolute atomic E-state index is 0.370. The highest BCUT2D eigenvalue weighted by molar-refractivity contribution is 7.22. The normalized spacial score (nSPS) is 13.4. The van der Waals surface area contributed by atoms with Crippen LogP contribution in [0.4, 0.5) is 0 Å². The summed E-state index contributed by atoms with van der Waals surface area (Å²) in [6.45, 7) is 0. The van der Waals surface area contributed by atoms with Crippen molar-refractivity contribution in [1.82, 2.24) is 9.97 Å². The van der Waals surface area contributed by atoms with Crippen LogP contribution in [0.15, 0.2) is 158 Å². The molecule has 2 heterocycles. The average molecular weight is 603 g/mol. The first-order valence-electron chi connectivity index (χ1n) is 15.6. The van der Waals surface area contributed by atoms with E-state index in [9.17, 15) is 0 Å². The summed E-state index contributed by atoms with van der Waals surface area (Å²) in [5, 5.41) is 1.29. The van der Waals surface area contributed by atoms with Crippen LogP contribution in [0.25, 0.3) is 65.3 Å². The van der Waals surface area contributed by atoms with Crippen LogP contribution in [-0.4, -0.2) is 9.97 Å². The summed E-state index contributed by atoms with van der Waals surface area (Å²) in [7, 11) is 0. The SMILES string of the molecule is c1ccc2c(c1)-c1ccccc1C21c2ccccc2-c2ccc(-c3ncc(-c4ccc(-c5cc6ccccc6s5)cc4)cn3)cc21. The Kier molecular flexibility index (Phi) is 5.40. The third-order valence-electron chi connectivity index (χ3n) is 9.84. The molecule has 0 fully saturated rings. The van der Waals surface area contributed by atoms with Gasteiger partial charge in [-0.05, 0) is 79.2 Å². The van der Waals surface area contributed by atoms with Gasteiger partial charge in [-0.2, -0.15) is 0 Å². The second kappa shape index (κ2) is 9.68. The molecule has 0 atom stereocenters. The second-order valence-electron chi connectivity index (χ2n) is 12.2. The zero-order valence-electron chi connectivity index (χ0n) is 24.8. The average Bonchev–Trinajstić information content (AvgIpc) is 3.79. The predicted molar refractivity (Wildman–Crippen MR) is 190 cm³/mol. The van der Waals surface area contributed by atoms with Crippen molar-refractivity contribution in [3.63, 3.8) is 0 Å². The first-order chi connectivity index (χ1) is 22.8. The topological polar surface area (TPSA) is 25.8 Å². The van der Waals surface area contributed by atoms with Crippen LogP contribution in [0.2, 0.25) is 0 Å². The van der Waals surface area contributed by atoms with Crippen molar-refractivity contribution in [3.05, 3.63) is 180 Å². The number of hydrogen-bond acceptors (Lipinski definition) is 3. The van der Waals surface area contributed by atoms with Gasteiger partial charge in [0.25, 0.3) is 0 Å². The first kappa shape index (κ1) is 25.7. The fourth-order valence-corrected chi connectivity index (χ4v) is 8.88. The van der Waals surface area contributed by atoms with E-state index >= 15 is 0 Å². The molecule has 0 radical (unpaired) electrons. The Morgan fingerprint density at radius 3 is 1.57 bits per heavy atom. The molecule has 6 aromatic carbocycles. The van der Waals surface area contributed by atoms with Gasteiger partial charge in [-0.15, -0.1) is 11.3 Å². The number of fused-ring (bicyclic) bond motifs is 11. The summed E-state index contributed by atoms with van der Waals surface area (Å²) in [6, 6.07) is 53.1. The Morgan fingerprint density at radius 1 is 0.413 bits per heavy atom. The van der Waals surface area contributed by atoms with Crippen LogP contribution in [0, 0.1) is 0 Å². The number of thiophene rings is 1. The molecule has 46 heavy (non-hydrogen) atoms. The highest BCUT2D eigenvalue weighted by Crippen LogP contribution is 2.62. The summed E-state index contributed by atoms with van der Waals surface area (Å²) in [4.78, 5) is 11.1. The van der Waals surface area contributed by atoms with E-state index in [1.54, 1.807) is 0 Å². The zero-order valence-corrected chi connectivity index (χ0v) is 25.6. The molecule has 0 N–H and O–H groups in total. The second-order valence-corrected chi connectivity index (χ2v) is 13.3. The fraction of sp³-hybridized carbons (Fsp3) is 0.0233. The van der Waals surface area contributed by atoms with Crippen molar-refractivity contribution < 1.29 is 0 Å². The molecule has 2 aromatic heterocycles. The van der Waals surface area contributed by atoms with Crippen LogP contribution >= 0.6 is 11.3 Å². The van der Waals surface area contributed by atoms with Crippen molar-refractivity contribution in [3.8, 4) is 55.2 Å². The summed E-state index contributed by atoms with van der Waals surface area (Å²) < 4.78 is 1.31. The maximum Gasteiger partial charge on any atom is 0.159 e. The molecule has 0 amide bonds. The molecule has 1 spiro atoms. The third kappa shape index (κ3) is 3.52. The zero-order chi connectivity index (χ0) is 30.2. The van der Waals surface area contributed by atoms with Crippen LogP contribution in [0.5, 0.6) is 0 Å². The van der Waals surface area contributed by atoms with Crippen LogP contribution in [0.3, 0.4) is 0 Å². The fourth-order valence-electron chi connectivity index (χ4n) is 7.81. The molecule has 2 nitrogen and oxygen atoms in total. The predicted octanol–water partition coefficient (Wildman–Crippen LogP) is 11.0. The van der Waals surface area contributed by atoms with Crippen molar-refractivity contribution in [2.45, 2.75) is 5.41 Å². The molecule has 10 rings (SSSR count). The third-order valence-corrected chi connectivity index (χ3v) is 11.0. The first-order valence-corrected chi connectivity index (χ1v) is 16.5. The van der Waals surface area contributed by atoms with Gasteiger partial charge >= 0.3 is 0 Å². The Bertz CT molecular complexity index is 2370. The van der Waals surface area contributed by atoms with Crippen LogP contribution in [0.1, 0.15) is 22.3 Å². The van der Waals surface area contributed by atoms with E-state index in [1.165, 1.54) is 65.0 Å². The van der Waals surface area contributed by atoms with Gasteiger partial charge in [0.05, 0.1) is 5.41 Å². The van der Waals surface area contributed by atoms with Crippen molar-refractivity contribution in [2.75, 3.05) is 0 Å². The Labute approximate surface area is 271 Å². The monoisotopic (exact) mass is 602 g/mol. The number of aromatic nitrogens is 2. The lowest BCUT2D eigenvalue weighted by Crippen LogP contribution is -2.25. The van der Waals surface area contributed by atoms with Gasteiger partial charge in [0.2, 0.25) is 0 Å². The maximum absolute atomic E-state index is 4.90. The molecule has 2 aliphatic rings. The summed E-state index contributed by atoms with van der Waals surface area (Å²) in [6.07, 6.45) is 3.91. The van der Waals surface area contributed by atoms with E-state index < -0.39 is 0 Å². The van der Waals surface area contributed by atoms with Crippen LogP contribution < -0.4 is 0 Å². The van der Waals surface area contributed by atoms with Gasteiger partial charge in [-0.3, -0.25) is 0 Å². The Morgan fingerprint density at radius 2 is 0.935 bits per heavy atom. The largest absolute Gasteiger partial charge is 0.236 e. The van der Waals surface area contributed by atoms with E-state index in [2.05, 4.69) is 146 Å². The molecule has 0 aliphatic heterocycles. The smallest absolute Gasteiger partial charge is 0.159 e. The molecule has 0 unspecified atom stereocenters. The Hall–Kier alpha value is -5.64. The molecule has 0 saturated carbocycles. The van der Waals surface area contributed by atoms with Crippen LogP contribution in [-0.2, 0) is 5.41 Å². The molecular weight excluding hydrogens is 577 g/mol. The van der Waals surface area contributed by atoms with E-state index in [-0.39, 0.29) is 5.41 Å². The number of rotatable bonds is 3. The van der Waals surface area contributed by atoms with Crippen molar-refractivity contribution >= 4 is 21.4 Å². The molecular formula is C43H26N2S. The van der Waals surface area contributed by atoms with E-state index in [0.29, 0.717) is 0 Å². The summed E-state index contributed by atoms with van der Waals surface area (Å²) in [5.41, 5.74) is 14.5. The number of hydrogen-bond donors (Lipinski definition) is 0. The number of benzene rings is 6. The lowest BCUT2D eigenvalue weighted by molar-refractivity contribution is 0.794. The molecule has 2 aliphatic carbocycles. The minimum Gasteiger partial charge on any atom is -0.236 e. The van der Waals surface area contributed by atoms with Gasteiger partial charge in [0, 0.05) is 33.1 Å².